The molecular formula is C24H27N7O. The fourth-order valence-corrected chi connectivity index (χ4v) is 3.96. The monoisotopic (exact) mass is 429 g/mol. The molecule has 1 aromatic carbocycles. The standard InChI is InChI=1S/C24H27N7O/c1-16-13-26-24(29-20-14-27-31(15-20)21-6-4-3-5-7-21)30-22(16)18-8-10-19(11-9-18)23(32)28-17(2)12-25/h8-11,13-15,17,21H,3-7H2,1-2H3,(H,28,32)(H,26,29,30). The molecule has 1 aliphatic rings. The van der Waals surface area contributed by atoms with Crippen molar-refractivity contribution in [2.45, 2.75) is 58.0 Å². The lowest BCUT2D eigenvalue weighted by molar-refractivity contribution is 0.0948. The predicted molar refractivity (Wildman–Crippen MR) is 122 cm³/mol. The molecule has 1 unspecified atom stereocenters. The molecule has 8 heteroatoms. The van der Waals surface area contributed by atoms with Gasteiger partial charge < -0.3 is 10.6 Å². The van der Waals surface area contributed by atoms with E-state index in [1.165, 1.54) is 32.1 Å². The zero-order valence-electron chi connectivity index (χ0n) is 18.4. The summed E-state index contributed by atoms with van der Waals surface area (Å²) >= 11 is 0. The van der Waals surface area contributed by atoms with Gasteiger partial charge in [-0.05, 0) is 44.4 Å². The molecule has 3 aromatic rings. The minimum absolute atomic E-state index is 0.276. The van der Waals surface area contributed by atoms with Crippen LogP contribution in [-0.4, -0.2) is 31.7 Å². The van der Waals surface area contributed by atoms with E-state index in [-0.39, 0.29) is 5.91 Å². The highest BCUT2D eigenvalue weighted by molar-refractivity contribution is 5.95. The van der Waals surface area contributed by atoms with E-state index in [9.17, 15) is 4.79 Å². The highest BCUT2D eigenvalue weighted by atomic mass is 16.1. The van der Waals surface area contributed by atoms with Crippen LogP contribution in [0.25, 0.3) is 11.3 Å². The number of amides is 1. The Kier molecular flexibility index (Phi) is 6.45. The molecule has 0 bridgehead atoms. The quantitative estimate of drug-likeness (QED) is 0.595. The summed E-state index contributed by atoms with van der Waals surface area (Å²) in [5.74, 6) is 0.223. The minimum Gasteiger partial charge on any atom is -0.337 e. The summed E-state index contributed by atoms with van der Waals surface area (Å²) in [5, 5.41) is 19.3. The predicted octanol–water partition coefficient (Wildman–Crippen LogP) is 4.54. The minimum atomic E-state index is -0.539. The van der Waals surface area contributed by atoms with E-state index in [1.54, 1.807) is 25.3 Å². The molecule has 0 aliphatic heterocycles. The van der Waals surface area contributed by atoms with E-state index in [4.69, 9.17) is 10.2 Å². The van der Waals surface area contributed by atoms with Crippen molar-refractivity contribution in [1.29, 1.82) is 5.26 Å². The second kappa shape index (κ2) is 9.60. The maximum Gasteiger partial charge on any atom is 0.252 e. The summed E-state index contributed by atoms with van der Waals surface area (Å²) < 4.78 is 2.05. The summed E-state index contributed by atoms with van der Waals surface area (Å²) in [6, 6.07) is 9.10. The summed E-state index contributed by atoms with van der Waals surface area (Å²) in [6.07, 6.45) is 11.8. The Morgan fingerprint density at radius 3 is 2.66 bits per heavy atom. The lowest BCUT2D eigenvalue weighted by atomic mass is 9.96. The largest absolute Gasteiger partial charge is 0.337 e. The molecule has 1 fully saturated rings. The molecule has 1 amide bonds. The number of carbonyl (C=O) groups is 1. The van der Waals surface area contributed by atoms with Gasteiger partial charge in [0.2, 0.25) is 5.95 Å². The van der Waals surface area contributed by atoms with E-state index in [0.717, 1.165) is 22.5 Å². The first kappa shape index (κ1) is 21.5. The van der Waals surface area contributed by atoms with E-state index >= 15 is 0 Å². The zero-order valence-corrected chi connectivity index (χ0v) is 18.4. The highest BCUT2D eigenvalue weighted by Gasteiger charge is 2.16. The van der Waals surface area contributed by atoms with Gasteiger partial charge in [0.15, 0.2) is 0 Å². The molecule has 0 radical (unpaired) electrons. The van der Waals surface area contributed by atoms with Crippen LogP contribution in [0.4, 0.5) is 11.6 Å². The fourth-order valence-electron chi connectivity index (χ4n) is 3.96. The second-order valence-corrected chi connectivity index (χ2v) is 8.25. The van der Waals surface area contributed by atoms with Gasteiger partial charge in [0.1, 0.15) is 6.04 Å². The summed E-state index contributed by atoms with van der Waals surface area (Å²) in [4.78, 5) is 21.3. The van der Waals surface area contributed by atoms with Crippen molar-refractivity contribution in [2.24, 2.45) is 0 Å². The molecule has 1 aliphatic carbocycles. The average Bonchev–Trinajstić information content (AvgIpc) is 3.29. The van der Waals surface area contributed by atoms with Gasteiger partial charge in [0.25, 0.3) is 5.91 Å². The lowest BCUT2D eigenvalue weighted by Crippen LogP contribution is -2.31. The number of hydrogen-bond acceptors (Lipinski definition) is 6. The molecule has 0 spiro atoms. The maximum absolute atomic E-state index is 12.2. The summed E-state index contributed by atoms with van der Waals surface area (Å²) in [7, 11) is 0. The molecule has 4 rings (SSSR count). The normalized spacial score (nSPS) is 15.0. The third-order valence-electron chi connectivity index (χ3n) is 5.74. The number of aryl methyl sites for hydroxylation is 1. The van der Waals surface area contributed by atoms with Crippen molar-refractivity contribution >= 4 is 17.5 Å². The highest BCUT2D eigenvalue weighted by Crippen LogP contribution is 2.29. The Hall–Kier alpha value is -3.73. The number of rotatable bonds is 6. The number of nitriles is 1. The van der Waals surface area contributed by atoms with Crippen molar-refractivity contribution in [2.75, 3.05) is 5.32 Å². The third kappa shape index (κ3) is 4.94. The van der Waals surface area contributed by atoms with Crippen LogP contribution in [0.15, 0.2) is 42.9 Å². The Labute approximate surface area is 187 Å². The van der Waals surface area contributed by atoms with Gasteiger partial charge in [-0.25, -0.2) is 9.97 Å². The van der Waals surface area contributed by atoms with E-state index in [1.807, 2.05) is 42.2 Å². The molecule has 8 nitrogen and oxygen atoms in total. The number of nitrogens with zero attached hydrogens (tertiary/aromatic N) is 5. The van der Waals surface area contributed by atoms with Gasteiger partial charge >= 0.3 is 0 Å². The lowest BCUT2D eigenvalue weighted by Gasteiger charge is -2.21. The van der Waals surface area contributed by atoms with Crippen molar-refractivity contribution in [1.82, 2.24) is 25.1 Å². The maximum atomic E-state index is 12.2. The number of nitrogens with one attached hydrogen (secondary N) is 2. The fraction of sp³-hybridized carbons (Fsp3) is 0.375. The average molecular weight is 430 g/mol. The topological polar surface area (TPSA) is 109 Å². The number of benzene rings is 1. The number of aromatic nitrogens is 4. The molecule has 32 heavy (non-hydrogen) atoms. The second-order valence-electron chi connectivity index (χ2n) is 8.25. The molecule has 164 valence electrons. The first-order chi connectivity index (χ1) is 15.5. The van der Waals surface area contributed by atoms with Crippen LogP contribution >= 0.6 is 0 Å². The summed E-state index contributed by atoms with van der Waals surface area (Å²) in [5.41, 5.74) is 3.97. The van der Waals surface area contributed by atoms with Crippen LogP contribution in [0.5, 0.6) is 0 Å². The number of anilines is 2. The number of carbonyl (C=O) groups excluding carboxylic acids is 1. The van der Waals surface area contributed by atoms with Gasteiger partial charge in [-0.1, -0.05) is 31.4 Å². The Morgan fingerprint density at radius 2 is 1.94 bits per heavy atom. The number of hydrogen-bond donors (Lipinski definition) is 2. The molecule has 0 saturated heterocycles. The smallest absolute Gasteiger partial charge is 0.252 e. The summed E-state index contributed by atoms with van der Waals surface area (Å²) in [6.45, 7) is 3.60. The Balaban J connectivity index is 1.49. The Morgan fingerprint density at radius 1 is 1.19 bits per heavy atom. The van der Waals surface area contributed by atoms with Crippen LogP contribution in [0.1, 0.15) is 61.0 Å². The van der Waals surface area contributed by atoms with Crippen LogP contribution in [-0.2, 0) is 0 Å². The van der Waals surface area contributed by atoms with Crippen molar-refractivity contribution < 1.29 is 4.79 Å². The zero-order chi connectivity index (χ0) is 22.5. The van der Waals surface area contributed by atoms with Gasteiger partial charge in [0, 0.05) is 23.5 Å². The van der Waals surface area contributed by atoms with Gasteiger partial charge in [-0.2, -0.15) is 10.4 Å². The molecule has 2 heterocycles. The first-order valence-corrected chi connectivity index (χ1v) is 11.0. The molecule has 1 atom stereocenters. The van der Waals surface area contributed by atoms with Crippen LogP contribution in [0, 0.1) is 18.3 Å². The van der Waals surface area contributed by atoms with Crippen LogP contribution in [0.3, 0.4) is 0 Å². The van der Waals surface area contributed by atoms with Crippen molar-refractivity contribution in [3.8, 4) is 17.3 Å². The Bertz CT molecular complexity index is 1120. The van der Waals surface area contributed by atoms with Crippen LogP contribution in [0.2, 0.25) is 0 Å². The van der Waals surface area contributed by atoms with Crippen LogP contribution < -0.4 is 10.6 Å². The molecular weight excluding hydrogens is 402 g/mol. The molecule has 2 N–H and O–H groups in total. The van der Waals surface area contributed by atoms with Crippen molar-refractivity contribution in [3.63, 3.8) is 0 Å². The molecule has 2 aromatic heterocycles. The van der Waals surface area contributed by atoms with Gasteiger partial charge in [-0.3, -0.25) is 9.48 Å². The third-order valence-corrected chi connectivity index (χ3v) is 5.74. The van der Waals surface area contributed by atoms with E-state index < -0.39 is 6.04 Å². The van der Waals surface area contributed by atoms with Crippen molar-refractivity contribution in [3.05, 3.63) is 54.0 Å². The molecule has 1 saturated carbocycles. The SMILES string of the molecule is Cc1cnc(Nc2cnn(C3CCCCC3)c2)nc1-c1ccc(C(=O)NC(C)C#N)cc1. The van der Waals surface area contributed by atoms with Gasteiger partial charge in [-0.15, -0.1) is 0 Å². The van der Waals surface area contributed by atoms with Gasteiger partial charge in [0.05, 0.1) is 29.7 Å². The van der Waals surface area contributed by atoms with E-state index in [2.05, 4.69) is 20.7 Å². The van der Waals surface area contributed by atoms with E-state index in [0.29, 0.717) is 17.6 Å². The first-order valence-electron chi connectivity index (χ1n) is 11.0.